The van der Waals surface area contributed by atoms with Gasteiger partial charge >= 0.3 is 0 Å². The highest BCUT2D eigenvalue weighted by atomic mass is 16.5. The lowest BCUT2D eigenvalue weighted by Gasteiger charge is -2.16. The first-order valence-electron chi connectivity index (χ1n) is 6.50. The minimum Gasteiger partial charge on any atom is -0.397 e. The molecule has 0 bridgehead atoms. The Morgan fingerprint density at radius 3 is 2.79 bits per heavy atom. The van der Waals surface area contributed by atoms with Crippen molar-refractivity contribution in [3.05, 3.63) is 24.2 Å². The van der Waals surface area contributed by atoms with Gasteiger partial charge in [0.2, 0.25) is 0 Å². The Kier molecular flexibility index (Phi) is 4.46. The Morgan fingerprint density at radius 1 is 1.32 bits per heavy atom. The fourth-order valence-corrected chi connectivity index (χ4v) is 1.85. The van der Waals surface area contributed by atoms with Crippen LogP contribution in [-0.4, -0.2) is 39.7 Å². The summed E-state index contributed by atoms with van der Waals surface area (Å²) in [7, 11) is 0. The molecule has 19 heavy (non-hydrogen) atoms. The number of hydrogen-bond donors (Lipinski definition) is 1. The van der Waals surface area contributed by atoms with Crippen molar-refractivity contribution in [3.8, 4) is 11.6 Å². The van der Waals surface area contributed by atoms with Gasteiger partial charge in [-0.1, -0.05) is 19.0 Å². The molecular weight excluding hydrogens is 242 g/mol. The number of nitrogen functional groups attached to an aromatic ring is 1. The van der Waals surface area contributed by atoms with Gasteiger partial charge in [0.25, 0.3) is 5.89 Å². The second-order valence-electron chi connectivity index (χ2n) is 4.23. The zero-order valence-corrected chi connectivity index (χ0v) is 11.3. The van der Waals surface area contributed by atoms with Crippen LogP contribution in [0, 0.1) is 0 Å². The minimum absolute atomic E-state index is 0.382. The largest absolute Gasteiger partial charge is 0.397 e. The van der Waals surface area contributed by atoms with Crippen LogP contribution in [0.5, 0.6) is 0 Å². The number of nitrogens with zero attached hydrogens (tertiary/aromatic N) is 4. The number of pyridine rings is 1. The molecule has 2 heterocycles. The third-order valence-corrected chi connectivity index (χ3v) is 3.06. The maximum atomic E-state index is 5.83. The third kappa shape index (κ3) is 3.29. The van der Waals surface area contributed by atoms with E-state index in [2.05, 4.69) is 33.9 Å². The van der Waals surface area contributed by atoms with Crippen molar-refractivity contribution in [2.75, 3.05) is 25.4 Å². The molecule has 0 saturated carbocycles. The minimum atomic E-state index is 0.382. The Balaban J connectivity index is 2.05. The second kappa shape index (κ2) is 6.29. The first-order chi connectivity index (χ1) is 9.24. The first kappa shape index (κ1) is 13.5. The van der Waals surface area contributed by atoms with Crippen LogP contribution in [0.3, 0.4) is 0 Å². The molecule has 6 nitrogen and oxygen atoms in total. The highest BCUT2D eigenvalue weighted by Gasteiger charge is 2.13. The van der Waals surface area contributed by atoms with E-state index >= 15 is 0 Å². The number of likely N-dealkylation sites (N-methyl/N-ethyl adjacent to an activating group) is 1. The van der Waals surface area contributed by atoms with Crippen LogP contribution in [0.4, 0.5) is 5.69 Å². The van der Waals surface area contributed by atoms with Crippen molar-refractivity contribution < 1.29 is 4.52 Å². The van der Waals surface area contributed by atoms with Gasteiger partial charge in [-0.3, -0.25) is 0 Å². The number of aromatic nitrogens is 3. The van der Waals surface area contributed by atoms with Crippen LogP contribution in [0.2, 0.25) is 0 Å². The van der Waals surface area contributed by atoms with E-state index in [4.69, 9.17) is 10.3 Å². The molecule has 2 aromatic rings. The molecule has 2 N–H and O–H groups in total. The SMILES string of the molecule is CCN(CC)CCc1noc(-c2ncccc2N)n1. The topological polar surface area (TPSA) is 81.1 Å². The fraction of sp³-hybridized carbons (Fsp3) is 0.462. The molecule has 2 aromatic heterocycles. The van der Waals surface area contributed by atoms with Gasteiger partial charge in [-0.05, 0) is 25.2 Å². The van der Waals surface area contributed by atoms with E-state index in [1.807, 2.05) is 0 Å². The van der Waals surface area contributed by atoms with E-state index in [0.717, 1.165) is 26.1 Å². The van der Waals surface area contributed by atoms with Gasteiger partial charge in [0.05, 0.1) is 5.69 Å². The van der Waals surface area contributed by atoms with E-state index in [-0.39, 0.29) is 0 Å². The Bertz CT molecular complexity index is 521. The second-order valence-corrected chi connectivity index (χ2v) is 4.23. The quantitative estimate of drug-likeness (QED) is 0.850. The molecule has 0 amide bonds. The average molecular weight is 261 g/mol. The first-order valence-corrected chi connectivity index (χ1v) is 6.50. The lowest BCUT2D eigenvalue weighted by molar-refractivity contribution is 0.303. The van der Waals surface area contributed by atoms with Crippen LogP contribution in [0.15, 0.2) is 22.9 Å². The van der Waals surface area contributed by atoms with Crippen molar-refractivity contribution in [1.82, 2.24) is 20.0 Å². The fourth-order valence-electron chi connectivity index (χ4n) is 1.85. The number of anilines is 1. The highest BCUT2D eigenvalue weighted by Crippen LogP contribution is 2.20. The van der Waals surface area contributed by atoms with Gasteiger partial charge in [-0.15, -0.1) is 0 Å². The molecule has 0 atom stereocenters. The normalized spacial score (nSPS) is 11.1. The zero-order valence-electron chi connectivity index (χ0n) is 11.3. The van der Waals surface area contributed by atoms with Crippen LogP contribution >= 0.6 is 0 Å². The average Bonchev–Trinajstić information content (AvgIpc) is 2.89. The molecule has 0 fully saturated rings. The molecule has 0 unspecified atom stereocenters. The summed E-state index contributed by atoms with van der Waals surface area (Å²) in [5, 5.41) is 3.97. The molecular formula is C13H19N5O. The van der Waals surface area contributed by atoms with Crippen LogP contribution in [-0.2, 0) is 6.42 Å². The molecule has 0 saturated heterocycles. The van der Waals surface area contributed by atoms with Gasteiger partial charge in [-0.2, -0.15) is 4.98 Å². The monoisotopic (exact) mass is 261 g/mol. The van der Waals surface area contributed by atoms with Gasteiger partial charge in [0.1, 0.15) is 0 Å². The summed E-state index contributed by atoms with van der Waals surface area (Å²) < 4.78 is 5.21. The third-order valence-electron chi connectivity index (χ3n) is 3.06. The van der Waals surface area contributed by atoms with E-state index < -0.39 is 0 Å². The summed E-state index contributed by atoms with van der Waals surface area (Å²) in [6.45, 7) is 7.24. The van der Waals surface area contributed by atoms with Crippen molar-refractivity contribution in [3.63, 3.8) is 0 Å². The Hall–Kier alpha value is -1.95. The summed E-state index contributed by atoms with van der Waals surface area (Å²) in [6, 6.07) is 3.54. The molecule has 0 radical (unpaired) electrons. The summed E-state index contributed by atoms with van der Waals surface area (Å²) >= 11 is 0. The number of nitrogens with two attached hydrogens (primary N) is 1. The van der Waals surface area contributed by atoms with Crippen molar-refractivity contribution in [1.29, 1.82) is 0 Å². The summed E-state index contributed by atoms with van der Waals surface area (Å²) in [5.74, 6) is 1.07. The molecule has 0 aliphatic heterocycles. The highest BCUT2D eigenvalue weighted by molar-refractivity contribution is 5.65. The number of rotatable bonds is 6. The Labute approximate surface area is 112 Å². The molecule has 102 valence electrons. The van der Waals surface area contributed by atoms with Gasteiger partial charge in [0, 0.05) is 19.2 Å². The van der Waals surface area contributed by atoms with Crippen LogP contribution < -0.4 is 5.73 Å². The van der Waals surface area contributed by atoms with Crippen molar-refractivity contribution in [2.45, 2.75) is 20.3 Å². The molecule has 0 aromatic carbocycles. The van der Waals surface area contributed by atoms with Gasteiger partial charge in [0.15, 0.2) is 11.5 Å². The molecule has 6 heteroatoms. The zero-order chi connectivity index (χ0) is 13.7. The Morgan fingerprint density at radius 2 is 2.11 bits per heavy atom. The van der Waals surface area contributed by atoms with Gasteiger partial charge in [-0.25, -0.2) is 4.98 Å². The van der Waals surface area contributed by atoms with Crippen LogP contribution in [0.25, 0.3) is 11.6 Å². The van der Waals surface area contributed by atoms with E-state index in [1.54, 1.807) is 18.3 Å². The van der Waals surface area contributed by atoms with Gasteiger partial charge < -0.3 is 15.2 Å². The maximum Gasteiger partial charge on any atom is 0.278 e. The van der Waals surface area contributed by atoms with E-state index in [1.165, 1.54) is 0 Å². The lowest BCUT2D eigenvalue weighted by atomic mass is 10.3. The van der Waals surface area contributed by atoms with Crippen molar-refractivity contribution in [2.24, 2.45) is 0 Å². The maximum absolute atomic E-state index is 5.83. The summed E-state index contributed by atoms with van der Waals surface area (Å²) in [6.07, 6.45) is 2.42. The van der Waals surface area contributed by atoms with Crippen molar-refractivity contribution >= 4 is 5.69 Å². The van der Waals surface area contributed by atoms with E-state index in [0.29, 0.717) is 23.1 Å². The number of hydrogen-bond acceptors (Lipinski definition) is 6. The van der Waals surface area contributed by atoms with Crippen LogP contribution in [0.1, 0.15) is 19.7 Å². The predicted octanol–water partition coefficient (Wildman–Crippen LogP) is 1.60. The predicted molar refractivity (Wildman–Crippen MR) is 73.4 cm³/mol. The summed E-state index contributed by atoms with van der Waals surface area (Å²) in [4.78, 5) is 10.8. The smallest absolute Gasteiger partial charge is 0.278 e. The summed E-state index contributed by atoms with van der Waals surface area (Å²) in [5.41, 5.74) is 6.92. The lowest BCUT2D eigenvalue weighted by Crippen LogP contribution is -2.25. The molecule has 0 aliphatic rings. The standard InChI is InChI=1S/C13H19N5O/c1-3-18(4-2)9-7-11-16-13(19-17-11)12-10(14)6-5-8-15-12/h5-6,8H,3-4,7,9,14H2,1-2H3. The molecule has 0 aliphatic carbocycles. The molecule has 2 rings (SSSR count). The molecule has 0 spiro atoms. The van der Waals surface area contributed by atoms with E-state index in [9.17, 15) is 0 Å².